The Morgan fingerprint density at radius 1 is 1.14 bits per heavy atom. The van der Waals surface area contributed by atoms with E-state index in [0.29, 0.717) is 26.2 Å². The minimum atomic E-state index is -0.0715. The highest BCUT2D eigenvalue weighted by Gasteiger charge is 2.23. The molecule has 0 bridgehead atoms. The summed E-state index contributed by atoms with van der Waals surface area (Å²) in [5.74, 6) is 1.60. The Hall–Kier alpha value is -3.56. The minimum Gasteiger partial charge on any atom is -0.496 e. The lowest BCUT2D eigenvalue weighted by Gasteiger charge is -2.21. The van der Waals surface area contributed by atoms with Crippen molar-refractivity contribution in [3.8, 4) is 5.75 Å². The summed E-state index contributed by atoms with van der Waals surface area (Å²) in [6, 6.07) is 16.0. The number of para-hydroxylation sites is 1. The van der Waals surface area contributed by atoms with E-state index < -0.39 is 0 Å². The van der Waals surface area contributed by atoms with E-state index in [1.54, 1.807) is 7.11 Å². The second kappa shape index (κ2) is 10.4. The number of nitrogens with zero attached hydrogens (tertiary/aromatic N) is 4. The summed E-state index contributed by atoms with van der Waals surface area (Å²) in [6.45, 7) is 5.21. The van der Waals surface area contributed by atoms with Crippen molar-refractivity contribution < 1.29 is 14.4 Å². The molecule has 1 aliphatic heterocycles. The molecule has 9 nitrogen and oxygen atoms in total. The van der Waals surface area contributed by atoms with Crippen LogP contribution in [0.1, 0.15) is 35.4 Å². The number of aryl methyl sites for hydroxylation is 1. The number of methoxy groups -OCH3 is 1. The molecular weight excluding hydrogens is 444 g/mol. The fraction of sp³-hybridized carbons (Fsp3) is 0.385. The maximum atomic E-state index is 13.0. The van der Waals surface area contributed by atoms with Crippen LogP contribution in [0.4, 0.5) is 0 Å². The van der Waals surface area contributed by atoms with E-state index >= 15 is 0 Å². The molecule has 3 heterocycles. The monoisotopic (exact) mass is 475 g/mol. The number of fused-ring (bicyclic) bond motifs is 1. The largest absolute Gasteiger partial charge is 0.496 e. The fourth-order valence-corrected chi connectivity index (χ4v) is 4.77. The van der Waals surface area contributed by atoms with E-state index in [4.69, 9.17) is 9.47 Å². The molecule has 4 aromatic rings. The number of aromatic amines is 1. The molecule has 9 heteroatoms. The molecular formula is C26H31N6O3+. The van der Waals surface area contributed by atoms with Crippen molar-refractivity contribution in [2.45, 2.75) is 52.0 Å². The zero-order valence-corrected chi connectivity index (χ0v) is 20.2. The van der Waals surface area contributed by atoms with Gasteiger partial charge in [-0.1, -0.05) is 23.8 Å². The first-order valence-corrected chi connectivity index (χ1v) is 12.0. The van der Waals surface area contributed by atoms with E-state index in [-0.39, 0.29) is 11.7 Å². The predicted molar refractivity (Wildman–Crippen MR) is 131 cm³/mol. The maximum absolute atomic E-state index is 13.0. The third-order valence-corrected chi connectivity index (χ3v) is 6.56. The highest BCUT2D eigenvalue weighted by atomic mass is 16.5. The van der Waals surface area contributed by atoms with Crippen LogP contribution in [-0.4, -0.2) is 45.0 Å². The van der Waals surface area contributed by atoms with Crippen molar-refractivity contribution in [1.29, 1.82) is 0 Å². The SMILES string of the molecule is COc1ccccc1C[NH+](Cc1cc2cc(C)ccc2[nH]c1=O)Cc1nnnn1C[C@H]1CCCO1. The number of nitrogens with one attached hydrogen (secondary N) is 2. The van der Waals surface area contributed by atoms with Crippen molar-refractivity contribution in [2.24, 2.45) is 0 Å². The van der Waals surface area contributed by atoms with Crippen molar-refractivity contribution in [1.82, 2.24) is 25.2 Å². The van der Waals surface area contributed by atoms with Gasteiger partial charge in [-0.15, -0.1) is 5.10 Å². The molecule has 0 aliphatic carbocycles. The standard InChI is InChI=1S/C26H30N6O3/c1-18-9-10-23-20(12-18)13-21(26(33)27-23)15-31(14-19-6-3-4-8-24(19)34-2)17-25-28-29-30-32(25)16-22-7-5-11-35-22/h3-4,6,8-10,12-13,22H,5,7,11,14-17H2,1-2H3,(H,27,33)/p+1/t22-/m1/s1. The van der Waals surface area contributed by atoms with Crippen molar-refractivity contribution in [3.05, 3.63) is 81.4 Å². The molecule has 1 saturated heterocycles. The Bertz CT molecular complexity index is 1360. The van der Waals surface area contributed by atoms with Gasteiger partial charge in [0.15, 0.2) is 0 Å². The number of hydrogen-bond acceptors (Lipinski definition) is 6. The molecule has 2 atom stereocenters. The molecule has 0 radical (unpaired) electrons. The number of benzene rings is 2. The van der Waals surface area contributed by atoms with Crippen molar-refractivity contribution >= 4 is 10.9 Å². The summed E-state index contributed by atoms with van der Waals surface area (Å²) in [4.78, 5) is 17.1. The molecule has 5 rings (SSSR count). The van der Waals surface area contributed by atoms with Gasteiger partial charge in [0.2, 0.25) is 5.82 Å². The van der Waals surface area contributed by atoms with Gasteiger partial charge >= 0.3 is 0 Å². The first kappa shape index (κ1) is 23.2. The Labute approximate surface area is 203 Å². The van der Waals surface area contributed by atoms with Crippen LogP contribution in [0.3, 0.4) is 0 Å². The number of rotatable bonds is 9. The van der Waals surface area contributed by atoms with Crippen LogP contribution in [0.2, 0.25) is 0 Å². The predicted octanol–water partition coefficient (Wildman–Crippen LogP) is 1.80. The summed E-state index contributed by atoms with van der Waals surface area (Å²) in [5.41, 5.74) is 3.72. The first-order chi connectivity index (χ1) is 17.1. The van der Waals surface area contributed by atoms with Gasteiger partial charge in [0, 0.05) is 17.7 Å². The number of H-pyrrole nitrogens is 1. The Balaban J connectivity index is 1.45. The molecule has 1 aliphatic rings. The number of quaternary nitrogens is 1. The van der Waals surface area contributed by atoms with Gasteiger partial charge in [-0.25, -0.2) is 4.68 Å². The molecule has 2 aromatic carbocycles. The number of aromatic nitrogens is 5. The minimum absolute atomic E-state index is 0.0715. The van der Waals surface area contributed by atoms with Gasteiger partial charge in [0.25, 0.3) is 5.56 Å². The van der Waals surface area contributed by atoms with Crippen LogP contribution in [-0.2, 0) is 30.9 Å². The quantitative estimate of drug-likeness (QED) is 0.383. The van der Waals surface area contributed by atoms with Crippen LogP contribution in [0, 0.1) is 6.92 Å². The summed E-state index contributed by atoms with van der Waals surface area (Å²) >= 11 is 0. The molecule has 2 aromatic heterocycles. The lowest BCUT2D eigenvalue weighted by atomic mass is 10.1. The zero-order valence-electron chi connectivity index (χ0n) is 20.2. The highest BCUT2D eigenvalue weighted by molar-refractivity contribution is 5.79. The molecule has 182 valence electrons. The van der Waals surface area contributed by atoms with Gasteiger partial charge in [-0.05, 0) is 65.9 Å². The van der Waals surface area contributed by atoms with E-state index in [0.717, 1.165) is 63.5 Å². The van der Waals surface area contributed by atoms with Crippen LogP contribution in [0.25, 0.3) is 10.9 Å². The summed E-state index contributed by atoms with van der Waals surface area (Å²) in [6.07, 6.45) is 2.22. The van der Waals surface area contributed by atoms with Crippen molar-refractivity contribution in [3.63, 3.8) is 0 Å². The molecule has 0 saturated carbocycles. The maximum Gasteiger partial charge on any atom is 0.257 e. The van der Waals surface area contributed by atoms with Crippen molar-refractivity contribution in [2.75, 3.05) is 13.7 Å². The lowest BCUT2D eigenvalue weighted by Crippen LogP contribution is -3.08. The molecule has 35 heavy (non-hydrogen) atoms. The van der Waals surface area contributed by atoms with Crippen LogP contribution >= 0.6 is 0 Å². The van der Waals surface area contributed by atoms with E-state index in [2.05, 4.69) is 39.6 Å². The third-order valence-electron chi connectivity index (χ3n) is 6.56. The van der Waals surface area contributed by atoms with E-state index in [9.17, 15) is 4.79 Å². The van der Waals surface area contributed by atoms with Gasteiger partial charge in [0.1, 0.15) is 25.4 Å². The number of tetrazole rings is 1. The topological polar surface area (TPSA) is 99.4 Å². The second-order valence-electron chi connectivity index (χ2n) is 9.22. The van der Waals surface area contributed by atoms with E-state index in [1.807, 2.05) is 41.1 Å². The third kappa shape index (κ3) is 5.41. The van der Waals surface area contributed by atoms with Gasteiger partial charge < -0.3 is 19.4 Å². The molecule has 2 N–H and O–H groups in total. The summed E-state index contributed by atoms with van der Waals surface area (Å²) in [5, 5.41) is 13.5. The number of ether oxygens (including phenoxy) is 2. The second-order valence-corrected chi connectivity index (χ2v) is 9.22. The van der Waals surface area contributed by atoms with E-state index in [1.165, 1.54) is 0 Å². The number of pyridine rings is 1. The summed E-state index contributed by atoms with van der Waals surface area (Å²) < 4.78 is 13.2. The van der Waals surface area contributed by atoms with Crippen LogP contribution in [0.5, 0.6) is 5.75 Å². The Morgan fingerprint density at radius 3 is 2.83 bits per heavy atom. The average molecular weight is 476 g/mol. The smallest absolute Gasteiger partial charge is 0.257 e. The zero-order chi connectivity index (χ0) is 24.2. The lowest BCUT2D eigenvalue weighted by molar-refractivity contribution is -0.942. The molecule has 0 spiro atoms. The molecule has 0 amide bonds. The Kier molecular flexibility index (Phi) is 6.87. The normalized spacial score (nSPS) is 16.6. The molecule has 1 unspecified atom stereocenters. The average Bonchev–Trinajstić information content (AvgIpc) is 3.53. The first-order valence-electron chi connectivity index (χ1n) is 12.0. The van der Waals surface area contributed by atoms with Gasteiger partial charge in [-0.2, -0.15) is 0 Å². The highest BCUT2D eigenvalue weighted by Crippen LogP contribution is 2.17. The van der Waals surface area contributed by atoms with Crippen LogP contribution in [0.15, 0.2) is 53.3 Å². The fourth-order valence-electron chi connectivity index (χ4n) is 4.77. The summed E-state index contributed by atoms with van der Waals surface area (Å²) in [7, 11) is 1.68. The number of hydrogen-bond donors (Lipinski definition) is 2. The van der Waals surface area contributed by atoms with Crippen LogP contribution < -0.4 is 15.2 Å². The Morgan fingerprint density at radius 2 is 2.00 bits per heavy atom. The van der Waals surface area contributed by atoms with Gasteiger partial charge in [-0.3, -0.25) is 4.79 Å². The van der Waals surface area contributed by atoms with Gasteiger partial charge in [0.05, 0.1) is 25.3 Å². The molecule has 1 fully saturated rings.